The van der Waals surface area contributed by atoms with Crippen LogP contribution in [0.5, 0.6) is 0 Å². The Morgan fingerprint density at radius 3 is 2.75 bits per heavy atom. The number of aliphatic carboxylic acids is 1. The maximum absolute atomic E-state index is 11.8. The Morgan fingerprint density at radius 2 is 2.31 bits per heavy atom. The van der Waals surface area contributed by atoms with Gasteiger partial charge in [-0.1, -0.05) is 6.08 Å². The van der Waals surface area contributed by atoms with E-state index in [2.05, 4.69) is 11.9 Å². The Labute approximate surface area is 92.9 Å². The molecule has 0 bridgehead atoms. The summed E-state index contributed by atoms with van der Waals surface area (Å²) in [5, 5.41) is 11.2. The van der Waals surface area contributed by atoms with Gasteiger partial charge < -0.3 is 15.3 Å². The number of hydrogen-bond donors (Lipinski definition) is 2. The van der Waals surface area contributed by atoms with E-state index in [0.717, 1.165) is 0 Å². The lowest BCUT2D eigenvalue weighted by Crippen LogP contribution is -2.40. The Balaban J connectivity index is 2.62. The van der Waals surface area contributed by atoms with E-state index in [4.69, 9.17) is 5.11 Å². The minimum Gasteiger partial charge on any atom is -0.480 e. The van der Waals surface area contributed by atoms with Crippen molar-refractivity contribution >= 4 is 17.8 Å². The van der Waals surface area contributed by atoms with Gasteiger partial charge in [-0.25, -0.2) is 0 Å². The normalized spacial score (nSPS) is 19.0. The van der Waals surface area contributed by atoms with Gasteiger partial charge in [-0.15, -0.1) is 6.58 Å². The summed E-state index contributed by atoms with van der Waals surface area (Å²) in [4.78, 5) is 34.5. The predicted molar refractivity (Wildman–Crippen MR) is 55.5 cm³/mol. The highest BCUT2D eigenvalue weighted by atomic mass is 16.4. The third kappa shape index (κ3) is 3.08. The van der Waals surface area contributed by atoms with Crippen LogP contribution < -0.4 is 5.32 Å². The molecule has 1 aliphatic heterocycles. The van der Waals surface area contributed by atoms with E-state index in [-0.39, 0.29) is 37.9 Å². The highest BCUT2D eigenvalue weighted by Crippen LogP contribution is 2.12. The first-order valence-electron chi connectivity index (χ1n) is 4.92. The number of carbonyl (C=O) groups excluding carboxylic acids is 2. The third-order valence-electron chi connectivity index (χ3n) is 2.31. The van der Waals surface area contributed by atoms with Crippen LogP contribution in [-0.4, -0.2) is 47.4 Å². The van der Waals surface area contributed by atoms with Crippen molar-refractivity contribution < 1.29 is 19.5 Å². The minimum absolute atomic E-state index is 0.131. The predicted octanol–water partition coefficient (Wildman–Crippen LogP) is -0.778. The quantitative estimate of drug-likeness (QED) is 0.602. The molecule has 0 aromatic carbocycles. The molecule has 1 fully saturated rings. The number of carbonyl (C=O) groups is 3. The summed E-state index contributed by atoms with van der Waals surface area (Å²) in [6, 6.07) is 0. The lowest BCUT2D eigenvalue weighted by Gasteiger charge is -2.21. The van der Waals surface area contributed by atoms with Crippen LogP contribution in [0.15, 0.2) is 12.7 Å². The molecule has 2 amide bonds. The molecule has 1 rings (SSSR count). The van der Waals surface area contributed by atoms with Crippen LogP contribution in [0.4, 0.5) is 0 Å². The Morgan fingerprint density at radius 1 is 1.62 bits per heavy atom. The van der Waals surface area contributed by atoms with E-state index in [1.807, 2.05) is 0 Å². The maximum Gasteiger partial charge on any atom is 0.323 e. The molecule has 0 aliphatic carbocycles. The van der Waals surface area contributed by atoms with E-state index in [9.17, 15) is 14.4 Å². The monoisotopic (exact) mass is 226 g/mol. The molecule has 1 unspecified atom stereocenters. The zero-order chi connectivity index (χ0) is 12.1. The molecular weight excluding hydrogens is 212 g/mol. The molecule has 1 atom stereocenters. The number of amides is 2. The molecular formula is C10H14N2O4. The summed E-state index contributed by atoms with van der Waals surface area (Å²) < 4.78 is 0. The van der Waals surface area contributed by atoms with Gasteiger partial charge in [0.25, 0.3) is 0 Å². The van der Waals surface area contributed by atoms with Crippen molar-refractivity contribution in [2.45, 2.75) is 6.42 Å². The highest BCUT2D eigenvalue weighted by Gasteiger charge is 2.31. The van der Waals surface area contributed by atoms with Crippen molar-refractivity contribution in [3.8, 4) is 0 Å². The van der Waals surface area contributed by atoms with Crippen LogP contribution in [0.2, 0.25) is 0 Å². The van der Waals surface area contributed by atoms with Gasteiger partial charge in [-0.05, 0) is 0 Å². The van der Waals surface area contributed by atoms with E-state index >= 15 is 0 Å². The largest absolute Gasteiger partial charge is 0.480 e. The number of carboxylic acids is 1. The van der Waals surface area contributed by atoms with Crippen molar-refractivity contribution in [1.82, 2.24) is 10.2 Å². The van der Waals surface area contributed by atoms with Crippen molar-refractivity contribution in [2.75, 3.05) is 19.6 Å². The fraction of sp³-hybridized carbons (Fsp3) is 0.500. The van der Waals surface area contributed by atoms with E-state index in [0.29, 0.717) is 0 Å². The summed E-state index contributed by atoms with van der Waals surface area (Å²) in [7, 11) is 0. The molecule has 16 heavy (non-hydrogen) atoms. The van der Waals surface area contributed by atoms with Gasteiger partial charge in [0.15, 0.2) is 0 Å². The first kappa shape index (κ1) is 12.2. The zero-order valence-corrected chi connectivity index (χ0v) is 8.81. The number of hydrogen-bond acceptors (Lipinski definition) is 3. The van der Waals surface area contributed by atoms with E-state index in [1.165, 1.54) is 11.0 Å². The number of nitrogens with one attached hydrogen (secondary N) is 1. The van der Waals surface area contributed by atoms with E-state index in [1.54, 1.807) is 0 Å². The third-order valence-corrected chi connectivity index (χ3v) is 2.31. The van der Waals surface area contributed by atoms with Gasteiger partial charge in [0.2, 0.25) is 11.8 Å². The molecule has 0 spiro atoms. The molecule has 0 saturated carbocycles. The summed E-state index contributed by atoms with van der Waals surface area (Å²) in [5.74, 6) is -2.02. The first-order chi connectivity index (χ1) is 7.54. The average Bonchev–Trinajstić information content (AvgIpc) is 2.62. The first-order valence-corrected chi connectivity index (χ1v) is 4.92. The molecule has 0 aromatic heterocycles. The molecule has 88 valence electrons. The van der Waals surface area contributed by atoms with Crippen LogP contribution >= 0.6 is 0 Å². The Bertz CT molecular complexity index is 327. The van der Waals surface area contributed by atoms with Crippen molar-refractivity contribution in [2.24, 2.45) is 5.92 Å². The lowest BCUT2D eigenvalue weighted by atomic mass is 10.1. The van der Waals surface area contributed by atoms with Crippen LogP contribution in [0.25, 0.3) is 0 Å². The average molecular weight is 226 g/mol. The lowest BCUT2D eigenvalue weighted by molar-refractivity contribution is -0.145. The summed E-state index contributed by atoms with van der Waals surface area (Å²) >= 11 is 0. The molecule has 0 aromatic rings. The van der Waals surface area contributed by atoms with Crippen LogP contribution in [0.1, 0.15) is 6.42 Å². The van der Waals surface area contributed by atoms with Gasteiger partial charge >= 0.3 is 5.97 Å². The minimum atomic E-state index is -1.08. The summed E-state index contributed by atoms with van der Waals surface area (Å²) in [5.41, 5.74) is 0. The smallest absolute Gasteiger partial charge is 0.323 e. The molecule has 1 aliphatic rings. The van der Waals surface area contributed by atoms with Crippen LogP contribution in [0, 0.1) is 5.92 Å². The topological polar surface area (TPSA) is 86.7 Å². The number of rotatable bonds is 5. The summed E-state index contributed by atoms with van der Waals surface area (Å²) in [6.07, 6.45) is 1.59. The molecule has 2 N–H and O–H groups in total. The zero-order valence-electron chi connectivity index (χ0n) is 8.81. The Hall–Kier alpha value is -1.85. The Kier molecular flexibility index (Phi) is 4.04. The van der Waals surface area contributed by atoms with Crippen molar-refractivity contribution in [1.29, 1.82) is 0 Å². The molecule has 0 radical (unpaired) electrons. The second-order valence-electron chi connectivity index (χ2n) is 3.61. The fourth-order valence-electron chi connectivity index (χ4n) is 1.59. The standard InChI is InChI=1S/C10H14N2O4/c1-2-3-12(6-9(14)15)10(16)7-4-8(13)11-5-7/h2,7H,1,3-6H2,(H,11,13)(H,14,15). The van der Waals surface area contributed by atoms with Gasteiger partial charge in [0.1, 0.15) is 6.54 Å². The van der Waals surface area contributed by atoms with Crippen molar-refractivity contribution in [3.63, 3.8) is 0 Å². The molecule has 1 saturated heterocycles. The van der Waals surface area contributed by atoms with Crippen LogP contribution in [0.3, 0.4) is 0 Å². The van der Waals surface area contributed by atoms with Gasteiger partial charge in [0, 0.05) is 19.5 Å². The van der Waals surface area contributed by atoms with Gasteiger partial charge in [-0.2, -0.15) is 0 Å². The highest BCUT2D eigenvalue weighted by molar-refractivity contribution is 5.90. The van der Waals surface area contributed by atoms with E-state index < -0.39 is 11.9 Å². The number of nitrogens with zero attached hydrogens (tertiary/aromatic N) is 1. The maximum atomic E-state index is 11.8. The fourth-order valence-corrected chi connectivity index (χ4v) is 1.59. The number of carboxylic acid groups (broad SMARTS) is 1. The molecule has 1 heterocycles. The van der Waals surface area contributed by atoms with Gasteiger partial charge in [-0.3, -0.25) is 14.4 Å². The second-order valence-corrected chi connectivity index (χ2v) is 3.61. The second kappa shape index (κ2) is 5.29. The molecule has 6 heteroatoms. The SMILES string of the molecule is C=CCN(CC(=O)O)C(=O)C1CNC(=O)C1. The van der Waals surface area contributed by atoms with Crippen LogP contribution in [-0.2, 0) is 14.4 Å². The van der Waals surface area contributed by atoms with Gasteiger partial charge in [0.05, 0.1) is 5.92 Å². The molecule has 6 nitrogen and oxygen atoms in total. The van der Waals surface area contributed by atoms with Crippen molar-refractivity contribution in [3.05, 3.63) is 12.7 Å². The summed E-state index contributed by atoms with van der Waals surface area (Å²) in [6.45, 7) is 3.56.